The number of halogens is 1. The summed E-state index contributed by atoms with van der Waals surface area (Å²) >= 11 is 5.68. The van der Waals surface area contributed by atoms with E-state index in [0.29, 0.717) is 35.1 Å². The van der Waals surface area contributed by atoms with Gasteiger partial charge in [0.2, 0.25) is 5.91 Å². The smallest absolute Gasteiger partial charge is 0.308 e. The summed E-state index contributed by atoms with van der Waals surface area (Å²) in [5.74, 6) is 1.71. The molecule has 3 rings (SSSR count). The van der Waals surface area contributed by atoms with Gasteiger partial charge in [0.1, 0.15) is 17.9 Å². The second-order valence-corrected chi connectivity index (χ2v) is 6.47. The molecule has 122 valence electrons. The van der Waals surface area contributed by atoms with Crippen LogP contribution in [-0.4, -0.2) is 44.3 Å². The van der Waals surface area contributed by atoms with Crippen LogP contribution in [0.15, 0.2) is 30.6 Å². The summed E-state index contributed by atoms with van der Waals surface area (Å²) in [5.41, 5.74) is 1.37. The summed E-state index contributed by atoms with van der Waals surface area (Å²) in [6, 6.07) is 3.68. The number of rotatable bonds is 7. The number of nitrogens with zero attached hydrogens (tertiary/aromatic N) is 2. The van der Waals surface area contributed by atoms with Crippen molar-refractivity contribution in [3.63, 3.8) is 0 Å². The van der Waals surface area contributed by atoms with Gasteiger partial charge in [0, 0.05) is 22.9 Å². The van der Waals surface area contributed by atoms with E-state index in [0.717, 1.165) is 10.9 Å². The zero-order valence-corrected chi connectivity index (χ0v) is 15.7. The standard InChI is InChI=1S/C16H17BrN4O2.Al/c17-5-1-2-15(22)21-13-6-11-12(19-9-20-16(11)18)7-14(13)23-8-10-3-4-10;/h1-2,6-7,9-10H,3-5,8H2,(H3,18,19,20,21,22);/q;+1/p-1/b2-1+;. The van der Waals surface area contributed by atoms with E-state index in [1.807, 2.05) is 12.1 Å². The SMILES string of the molecule is O=C(/C=C/CBr)Nc1cc2c([NH][Al])ncnc2cc1OCC1CC1. The maximum absolute atomic E-state index is 12.0. The molecule has 2 N–H and O–H groups in total. The minimum absolute atomic E-state index is 0.206. The van der Waals surface area contributed by atoms with E-state index in [1.165, 1.54) is 25.2 Å². The van der Waals surface area contributed by atoms with Gasteiger partial charge in [0.05, 0.1) is 17.8 Å². The number of amides is 1. The summed E-state index contributed by atoms with van der Waals surface area (Å²) in [5, 5.41) is 4.31. The molecule has 1 amide bonds. The van der Waals surface area contributed by atoms with Crippen molar-refractivity contribution in [2.45, 2.75) is 12.8 Å². The summed E-state index contributed by atoms with van der Waals surface area (Å²) in [4.78, 5) is 20.5. The summed E-state index contributed by atoms with van der Waals surface area (Å²) < 4.78 is 8.87. The van der Waals surface area contributed by atoms with Crippen molar-refractivity contribution in [1.82, 2.24) is 9.97 Å². The third kappa shape index (κ3) is 4.26. The molecule has 0 bridgehead atoms. The second kappa shape index (κ2) is 7.97. The van der Waals surface area contributed by atoms with Gasteiger partial charge in [-0.05, 0) is 24.8 Å². The molecule has 24 heavy (non-hydrogen) atoms. The first-order chi connectivity index (χ1) is 11.7. The molecule has 1 fully saturated rings. The highest BCUT2D eigenvalue weighted by Gasteiger charge is 2.23. The van der Waals surface area contributed by atoms with Crippen LogP contribution in [0.4, 0.5) is 11.5 Å². The topological polar surface area (TPSA) is 76.1 Å². The van der Waals surface area contributed by atoms with E-state index in [-0.39, 0.29) is 5.91 Å². The van der Waals surface area contributed by atoms with Gasteiger partial charge in [-0.1, -0.05) is 22.0 Å². The van der Waals surface area contributed by atoms with E-state index in [9.17, 15) is 4.79 Å². The number of benzene rings is 1. The Morgan fingerprint density at radius 2 is 2.25 bits per heavy atom. The van der Waals surface area contributed by atoms with Gasteiger partial charge in [0.25, 0.3) is 0 Å². The summed E-state index contributed by atoms with van der Waals surface area (Å²) in [7, 11) is 0. The number of anilines is 2. The molecule has 1 aromatic heterocycles. The number of hydrogen-bond acceptors (Lipinski definition) is 5. The number of carbonyl (C=O) groups is 1. The van der Waals surface area contributed by atoms with Crippen molar-refractivity contribution in [3.05, 3.63) is 30.6 Å². The van der Waals surface area contributed by atoms with E-state index >= 15 is 0 Å². The highest BCUT2D eigenvalue weighted by atomic mass is 79.9. The number of nitrogens with one attached hydrogen (secondary N) is 2. The fourth-order valence-corrected chi connectivity index (χ4v) is 2.65. The average molecular weight is 403 g/mol. The Morgan fingerprint density at radius 1 is 1.42 bits per heavy atom. The van der Waals surface area contributed by atoms with E-state index < -0.39 is 0 Å². The predicted molar refractivity (Wildman–Crippen MR) is 98.7 cm³/mol. The fourth-order valence-electron chi connectivity index (χ4n) is 2.23. The second-order valence-electron chi connectivity index (χ2n) is 5.53. The third-order valence-electron chi connectivity index (χ3n) is 3.66. The molecular formula is C16H16AlBrN4O2. The monoisotopic (exact) mass is 402 g/mol. The highest BCUT2D eigenvalue weighted by Crippen LogP contribution is 2.35. The van der Waals surface area contributed by atoms with Crippen LogP contribution < -0.4 is 14.4 Å². The number of hydrogen-bond donors (Lipinski definition) is 2. The van der Waals surface area contributed by atoms with Crippen molar-refractivity contribution < 1.29 is 9.53 Å². The van der Waals surface area contributed by atoms with Crippen molar-refractivity contribution in [3.8, 4) is 5.75 Å². The van der Waals surface area contributed by atoms with Crippen LogP contribution in [0.5, 0.6) is 5.75 Å². The Morgan fingerprint density at radius 3 is 2.96 bits per heavy atom. The first kappa shape index (κ1) is 17.2. The molecule has 1 saturated carbocycles. The predicted octanol–water partition coefficient (Wildman–Crippen LogP) is 2.80. The van der Waals surface area contributed by atoms with Crippen LogP contribution in [0, 0.1) is 5.92 Å². The lowest BCUT2D eigenvalue weighted by Gasteiger charge is -2.14. The Kier molecular flexibility index (Phi) is 5.72. The van der Waals surface area contributed by atoms with Gasteiger partial charge in [-0.25, -0.2) is 9.97 Å². The third-order valence-corrected chi connectivity index (χ3v) is 4.31. The Labute approximate surface area is 156 Å². The lowest BCUT2D eigenvalue weighted by atomic mass is 10.2. The molecule has 0 spiro atoms. The number of alkyl halides is 1. The summed E-state index contributed by atoms with van der Waals surface area (Å²) in [6.07, 6.45) is 7.12. The van der Waals surface area contributed by atoms with E-state index in [4.69, 9.17) is 4.74 Å². The molecule has 0 aliphatic heterocycles. The van der Waals surface area contributed by atoms with Crippen LogP contribution in [0.1, 0.15) is 12.8 Å². The first-order valence-corrected chi connectivity index (χ1v) is 9.32. The van der Waals surface area contributed by atoms with Gasteiger partial charge in [-0.3, -0.25) is 4.79 Å². The van der Waals surface area contributed by atoms with Gasteiger partial charge >= 0.3 is 16.5 Å². The fraction of sp³-hybridized carbons (Fsp3) is 0.312. The first-order valence-electron chi connectivity index (χ1n) is 7.63. The maximum Gasteiger partial charge on any atom is 0.308 e. The zero-order chi connectivity index (χ0) is 16.9. The quantitative estimate of drug-likeness (QED) is 0.423. The van der Waals surface area contributed by atoms with Crippen LogP contribution in [0.3, 0.4) is 0 Å². The number of ether oxygens (including phenoxy) is 1. The lowest BCUT2D eigenvalue weighted by Crippen LogP contribution is -2.11. The number of allylic oxidation sites excluding steroid dienone is 1. The van der Waals surface area contributed by atoms with Gasteiger partial charge in [-0.2, -0.15) is 0 Å². The molecule has 2 aromatic rings. The van der Waals surface area contributed by atoms with Crippen LogP contribution >= 0.6 is 15.9 Å². The van der Waals surface area contributed by atoms with E-state index in [2.05, 4.69) is 52.0 Å². The maximum atomic E-state index is 12.0. The van der Waals surface area contributed by atoms with Crippen LogP contribution in [-0.2, 0) is 4.79 Å². The molecule has 0 unspecified atom stereocenters. The largest absolute Gasteiger partial charge is 0.491 e. The molecule has 2 radical (unpaired) electrons. The Balaban J connectivity index is 1.95. The minimum atomic E-state index is -0.206. The number of fused-ring (bicyclic) bond motifs is 1. The zero-order valence-electron chi connectivity index (χ0n) is 13.0. The van der Waals surface area contributed by atoms with Gasteiger partial charge < -0.3 is 14.4 Å². The molecule has 0 saturated heterocycles. The molecule has 8 heteroatoms. The average Bonchev–Trinajstić information content (AvgIpc) is 3.42. The lowest BCUT2D eigenvalue weighted by molar-refractivity contribution is -0.111. The van der Waals surface area contributed by atoms with Crippen molar-refractivity contribution >= 4 is 60.8 Å². The molecule has 1 heterocycles. The highest BCUT2D eigenvalue weighted by molar-refractivity contribution is 9.09. The number of carbonyl (C=O) groups excluding carboxylic acids is 1. The van der Waals surface area contributed by atoms with Gasteiger partial charge in [-0.15, -0.1) is 0 Å². The number of aromatic nitrogens is 2. The molecule has 1 aliphatic rings. The van der Waals surface area contributed by atoms with Crippen molar-refractivity contribution in [2.75, 3.05) is 21.6 Å². The van der Waals surface area contributed by atoms with Crippen LogP contribution in [0.2, 0.25) is 0 Å². The van der Waals surface area contributed by atoms with Crippen molar-refractivity contribution in [2.24, 2.45) is 5.92 Å². The summed E-state index contributed by atoms with van der Waals surface area (Å²) in [6.45, 7) is 0.658. The molecule has 0 atom stereocenters. The van der Waals surface area contributed by atoms with Crippen molar-refractivity contribution in [1.29, 1.82) is 0 Å². The molecule has 1 aromatic carbocycles. The molecule has 6 nitrogen and oxygen atoms in total. The Hall–Kier alpha value is -1.62. The van der Waals surface area contributed by atoms with Gasteiger partial charge in [0.15, 0.2) is 0 Å². The molecular weight excluding hydrogens is 387 g/mol. The normalized spacial score (nSPS) is 14.0. The van der Waals surface area contributed by atoms with Crippen LogP contribution in [0.25, 0.3) is 10.9 Å². The Bertz CT molecular complexity index is 780. The molecule has 1 aliphatic carbocycles. The minimum Gasteiger partial charge on any atom is -0.491 e. The van der Waals surface area contributed by atoms with E-state index in [1.54, 1.807) is 6.08 Å².